The first-order valence-electron chi connectivity index (χ1n) is 5.59. The molecular formula is C13H14N2O2. The number of rotatable bonds is 3. The molecule has 4 heteroatoms. The van der Waals surface area contributed by atoms with E-state index >= 15 is 0 Å². The van der Waals surface area contributed by atoms with Crippen molar-refractivity contribution in [2.24, 2.45) is 11.8 Å². The fourth-order valence-corrected chi connectivity index (χ4v) is 2.24. The van der Waals surface area contributed by atoms with E-state index in [1.807, 2.05) is 35.2 Å². The van der Waals surface area contributed by atoms with Gasteiger partial charge in [0, 0.05) is 19.6 Å². The first-order valence-corrected chi connectivity index (χ1v) is 5.59. The quantitative estimate of drug-likeness (QED) is 0.851. The normalized spacial score (nSPS) is 24.4. The highest BCUT2D eigenvalue weighted by Crippen LogP contribution is 2.24. The van der Waals surface area contributed by atoms with E-state index in [2.05, 4.69) is 6.07 Å². The Morgan fingerprint density at radius 3 is 2.65 bits per heavy atom. The summed E-state index contributed by atoms with van der Waals surface area (Å²) in [5.74, 6) is -1.81. The van der Waals surface area contributed by atoms with Crippen molar-refractivity contribution in [2.45, 2.75) is 6.54 Å². The summed E-state index contributed by atoms with van der Waals surface area (Å²) in [6.07, 6.45) is 0. The van der Waals surface area contributed by atoms with Crippen LogP contribution in [0.1, 0.15) is 5.56 Å². The SMILES string of the molecule is N#C[C@H]1CN(Cc2ccccc2)C[C@H]1C(=O)O. The fraction of sp³-hybridized carbons (Fsp3) is 0.385. The molecule has 0 bridgehead atoms. The van der Waals surface area contributed by atoms with Crippen LogP contribution in [0.2, 0.25) is 0 Å². The molecule has 1 aliphatic heterocycles. The Morgan fingerprint density at radius 2 is 2.12 bits per heavy atom. The highest BCUT2D eigenvalue weighted by atomic mass is 16.4. The zero-order valence-electron chi connectivity index (χ0n) is 9.41. The Kier molecular flexibility index (Phi) is 3.40. The second kappa shape index (κ2) is 4.98. The number of nitriles is 1. The van der Waals surface area contributed by atoms with Crippen molar-refractivity contribution in [2.75, 3.05) is 13.1 Å². The predicted molar refractivity (Wildman–Crippen MR) is 61.9 cm³/mol. The molecule has 0 radical (unpaired) electrons. The average Bonchev–Trinajstić information content (AvgIpc) is 2.73. The van der Waals surface area contributed by atoms with Crippen LogP contribution in [0.5, 0.6) is 0 Å². The molecule has 1 aromatic carbocycles. The monoisotopic (exact) mass is 230 g/mol. The van der Waals surface area contributed by atoms with Crippen molar-refractivity contribution in [1.29, 1.82) is 5.26 Å². The molecule has 17 heavy (non-hydrogen) atoms. The van der Waals surface area contributed by atoms with Crippen LogP contribution in [-0.2, 0) is 11.3 Å². The predicted octanol–water partition coefficient (Wildman–Crippen LogP) is 1.34. The molecule has 1 aromatic rings. The Labute approximate surface area is 100 Å². The molecule has 0 unspecified atom stereocenters. The van der Waals surface area contributed by atoms with Crippen LogP contribution in [0.15, 0.2) is 30.3 Å². The highest BCUT2D eigenvalue weighted by Gasteiger charge is 2.37. The summed E-state index contributed by atoms with van der Waals surface area (Å²) in [5, 5.41) is 18.0. The third kappa shape index (κ3) is 2.63. The number of likely N-dealkylation sites (tertiary alicyclic amines) is 1. The lowest BCUT2D eigenvalue weighted by atomic mass is 9.98. The topological polar surface area (TPSA) is 64.3 Å². The van der Waals surface area contributed by atoms with Gasteiger partial charge in [-0.3, -0.25) is 9.69 Å². The number of hydrogen-bond acceptors (Lipinski definition) is 3. The molecule has 0 spiro atoms. The lowest BCUT2D eigenvalue weighted by molar-refractivity contribution is -0.142. The Bertz CT molecular complexity index is 438. The van der Waals surface area contributed by atoms with E-state index in [1.54, 1.807) is 0 Å². The van der Waals surface area contributed by atoms with Gasteiger partial charge in [-0.15, -0.1) is 0 Å². The minimum Gasteiger partial charge on any atom is -0.481 e. The summed E-state index contributed by atoms with van der Waals surface area (Å²) < 4.78 is 0. The first kappa shape index (κ1) is 11.6. The second-order valence-corrected chi connectivity index (χ2v) is 4.36. The second-order valence-electron chi connectivity index (χ2n) is 4.36. The Morgan fingerprint density at radius 1 is 1.41 bits per heavy atom. The minimum absolute atomic E-state index is 0.392. The average molecular weight is 230 g/mol. The molecule has 0 aromatic heterocycles. The Balaban J connectivity index is 2.02. The number of benzene rings is 1. The summed E-state index contributed by atoms with van der Waals surface area (Å²) >= 11 is 0. The van der Waals surface area contributed by atoms with Crippen molar-refractivity contribution in [3.63, 3.8) is 0 Å². The molecule has 1 fully saturated rings. The zero-order valence-corrected chi connectivity index (χ0v) is 9.41. The standard InChI is InChI=1S/C13H14N2O2/c14-6-11-8-15(9-12(11)13(16)17)7-10-4-2-1-3-5-10/h1-5,11-12H,7-9H2,(H,16,17)/t11-,12+/m0/s1. The minimum atomic E-state index is -0.868. The van der Waals surface area contributed by atoms with Crippen molar-refractivity contribution in [3.8, 4) is 6.07 Å². The highest BCUT2D eigenvalue weighted by molar-refractivity contribution is 5.71. The van der Waals surface area contributed by atoms with Gasteiger partial charge in [-0.05, 0) is 5.56 Å². The van der Waals surface area contributed by atoms with Crippen LogP contribution in [0.25, 0.3) is 0 Å². The van der Waals surface area contributed by atoms with Gasteiger partial charge in [-0.1, -0.05) is 30.3 Å². The molecule has 0 aliphatic carbocycles. The summed E-state index contributed by atoms with van der Waals surface area (Å²) in [7, 11) is 0. The lowest BCUT2D eigenvalue weighted by Crippen LogP contribution is -2.23. The van der Waals surface area contributed by atoms with E-state index in [1.165, 1.54) is 0 Å². The van der Waals surface area contributed by atoms with Gasteiger partial charge in [0.1, 0.15) is 0 Å². The fourth-order valence-electron chi connectivity index (χ4n) is 2.24. The number of carboxylic acid groups (broad SMARTS) is 1. The van der Waals surface area contributed by atoms with Gasteiger partial charge in [-0.2, -0.15) is 5.26 Å². The molecule has 0 amide bonds. The molecular weight excluding hydrogens is 216 g/mol. The lowest BCUT2D eigenvalue weighted by Gasteiger charge is -2.14. The number of aliphatic carboxylic acids is 1. The first-order chi connectivity index (χ1) is 8.20. The van der Waals surface area contributed by atoms with Crippen LogP contribution in [0, 0.1) is 23.2 Å². The van der Waals surface area contributed by atoms with Gasteiger partial charge >= 0.3 is 5.97 Å². The van der Waals surface area contributed by atoms with Crippen LogP contribution in [-0.4, -0.2) is 29.1 Å². The molecule has 4 nitrogen and oxygen atoms in total. The maximum atomic E-state index is 11.0. The summed E-state index contributed by atoms with van der Waals surface area (Å²) in [6.45, 7) is 1.72. The van der Waals surface area contributed by atoms with Gasteiger partial charge in [-0.25, -0.2) is 0 Å². The molecule has 1 aliphatic rings. The van der Waals surface area contributed by atoms with Crippen LogP contribution < -0.4 is 0 Å². The molecule has 1 saturated heterocycles. The summed E-state index contributed by atoms with van der Waals surface area (Å²) in [4.78, 5) is 13.0. The maximum Gasteiger partial charge on any atom is 0.309 e. The molecule has 2 atom stereocenters. The van der Waals surface area contributed by atoms with Crippen molar-refractivity contribution in [3.05, 3.63) is 35.9 Å². The zero-order chi connectivity index (χ0) is 12.3. The van der Waals surface area contributed by atoms with E-state index in [4.69, 9.17) is 10.4 Å². The van der Waals surface area contributed by atoms with Crippen molar-refractivity contribution in [1.82, 2.24) is 4.90 Å². The number of nitrogens with zero attached hydrogens (tertiary/aromatic N) is 2. The van der Waals surface area contributed by atoms with E-state index in [0.29, 0.717) is 19.6 Å². The van der Waals surface area contributed by atoms with Gasteiger partial charge in [0.15, 0.2) is 0 Å². The molecule has 0 saturated carbocycles. The number of carboxylic acids is 1. The summed E-state index contributed by atoms with van der Waals surface area (Å²) in [6, 6.07) is 12.0. The van der Waals surface area contributed by atoms with Gasteiger partial charge in [0.2, 0.25) is 0 Å². The van der Waals surface area contributed by atoms with Gasteiger partial charge < -0.3 is 5.11 Å². The molecule has 88 valence electrons. The molecule has 1 heterocycles. The van der Waals surface area contributed by atoms with E-state index in [-0.39, 0.29) is 0 Å². The molecule has 1 N–H and O–H groups in total. The molecule has 2 rings (SSSR count). The van der Waals surface area contributed by atoms with E-state index in [0.717, 1.165) is 5.56 Å². The smallest absolute Gasteiger partial charge is 0.309 e. The Hall–Kier alpha value is -1.86. The van der Waals surface area contributed by atoms with Crippen molar-refractivity contribution >= 4 is 5.97 Å². The van der Waals surface area contributed by atoms with Gasteiger partial charge in [0.05, 0.1) is 17.9 Å². The van der Waals surface area contributed by atoms with E-state index < -0.39 is 17.8 Å². The largest absolute Gasteiger partial charge is 0.481 e. The van der Waals surface area contributed by atoms with Crippen LogP contribution >= 0.6 is 0 Å². The summed E-state index contributed by atoms with van der Waals surface area (Å²) in [5.41, 5.74) is 1.15. The van der Waals surface area contributed by atoms with Crippen molar-refractivity contribution < 1.29 is 9.90 Å². The number of carbonyl (C=O) groups is 1. The van der Waals surface area contributed by atoms with E-state index in [9.17, 15) is 4.79 Å². The van der Waals surface area contributed by atoms with Crippen LogP contribution in [0.3, 0.4) is 0 Å². The third-order valence-corrected chi connectivity index (χ3v) is 3.13. The van der Waals surface area contributed by atoms with Crippen LogP contribution in [0.4, 0.5) is 0 Å². The maximum absolute atomic E-state index is 11.0. The van der Waals surface area contributed by atoms with Gasteiger partial charge in [0.25, 0.3) is 0 Å². The third-order valence-electron chi connectivity index (χ3n) is 3.13. The number of hydrogen-bond donors (Lipinski definition) is 1.